The second kappa shape index (κ2) is 7.80. The Morgan fingerprint density at radius 1 is 1.57 bits per heavy atom. The molecule has 2 heterocycles. The van der Waals surface area contributed by atoms with E-state index in [9.17, 15) is 4.79 Å². The molecule has 2 amide bonds. The molecule has 1 atom stereocenters. The van der Waals surface area contributed by atoms with E-state index in [2.05, 4.69) is 15.6 Å². The SMILES string of the molecule is CC(CCCO)NC(=O)NCc1csc(-c2ccco2)n1. The maximum Gasteiger partial charge on any atom is 0.315 e. The Bertz CT molecular complexity index is 554. The van der Waals surface area contributed by atoms with E-state index in [1.54, 1.807) is 6.26 Å². The van der Waals surface area contributed by atoms with E-state index in [4.69, 9.17) is 9.52 Å². The van der Waals surface area contributed by atoms with Crippen LogP contribution >= 0.6 is 11.3 Å². The lowest BCUT2D eigenvalue weighted by Crippen LogP contribution is -2.40. The van der Waals surface area contributed by atoms with Gasteiger partial charge in [0, 0.05) is 18.0 Å². The largest absolute Gasteiger partial charge is 0.462 e. The Morgan fingerprint density at radius 2 is 2.43 bits per heavy atom. The molecular formula is C14H19N3O3S. The van der Waals surface area contributed by atoms with Gasteiger partial charge in [-0.25, -0.2) is 9.78 Å². The number of rotatable bonds is 7. The monoisotopic (exact) mass is 309 g/mol. The number of carbonyl (C=O) groups excluding carboxylic acids is 1. The minimum absolute atomic E-state index is 0.0336. The van der Waals surface area contributed by atoms with Crippen LogP contribution in [0.2, 0.25) is 0 Å². The highest BCUT2D eigenvalue weighted by atomic mass is 32.1. The predicted octanol–water partition coefficient (Wildman–Crippen LogP) is 2.36. The number of thiazole rings is 1. The van der Waals surface area contributed by atoms with Gasteiger partial charge in [0.2, 0.25) is 0 Å². The summed E-state index contributed by atoms with van der Waals surface area (Å²) in [6.07, 6.45) is 3.04. The van der Waals surface area contributed by atoms with Crippen LogP contribution in [0.5, 0.6) is 0 Å². The van der Waals surface area contributed by atoms with E-state index >= 15 is 0 Å². The number of nitrogens with one attached hydrogen (secondary N) is 2. The fourth-order valence-electron chi connectivity index (χ4n) is 1.82. The quantitative estimate of drug-likeness (QED) is 0.732. The molecule has 0 spiro atoms. The minimum Gasteiger partial charge on any atom is -0.462 e. The molecule has 0 aliphatic rings. The molecule has 114 valence electrons. The Labute approximate surface area is 127 Å². The third-order valence-corrected chi connectivity index (χ3v) is 3.79. The molecule has 0 saturated heterocycles. The maximum atomic E-state index is 11.7. The molecule has 2 aromatic heterocycles. The molecular weight excluding hydrogens is 290 g/mol. The molecule has 6 nitrogen and oxygen atoms in total. The first-order chi connectivity index (χ1) is 10.2. The van der Waals surface area contributed by atoms with E-state index in [-0.39, 0.29) is 18.7 Å². The highest BCUT2D eigenvalue weighted by Gasteiger charge is 2.09. The summed E-state index contributed by atoms with van der Waals surface area (Å²) in [7, 11) is 0. The van der Waals surface area contributed by atoms with Crippen LogP contribution in [-0.4, -0.2) is 28.8 Å². The summed E-state index contributed by atoms with van der Waals surface area (Å²) in [6.45, 7) is 2.42. The van der Waals surface area contributed by atoms with Gasteiger partial charge in [-0.2, -0.15) is 0 Å². The Kier molecular flexibility index (Phi) is 5.77. The molecule has 3 N–H and O–H groups in total. The van der Waals surface area contributed by atoms with Gasteiger partial charge in [0.1, 0.15) is 0 Å². The van der Waals surface area contributed by atoms with Crippen molar-refractivity contribution in [3.8, 4) is 10.8 Å². The number of aliphatic hydroxyl groups is 1. The van der Waals surface area contributed by atoms with Gasteiger partial charge in [-0.15, -0.1) is 11.3 Å². The summed E-state index contributed by atoms with van der Waals surface area (Å²) in [5.74, 6) is 0.730. The highest BCUT2D eigenvalue weighted by Crippen LogP contribution is 2.23. The summed E-state index contributed by atoms with van der Waals surface area (Å²) in [6, 6.07) is 3.47. The third-order valence-electron chi connectivity index (χ3n) is 2.89. The molecule has 2 rings (SSSR count). The number of aliphatic hydroxyl groups excluding tert-OH is 1. The highest BCUT2D eigenvalue weighted by molar-refractivity contribution is 7.13. The molecule has 0 saturated carbocycles. The fourth-order valence-corrected chi connectivity index (χ4v) is 2.60. The van der Waals surface area contributed by atoms with Gasteiger partial charge in [0.05, 0.1) is 18.5 Å². The molecule has 0 radical (unpaired) electrons. The molecule has 0 aliphatic carbocycles. The molecule has 0 fully saturated rings. The van der Waals surface area contributed by atoms with Gasteiger partial charge in [-0.05, 0) is 31.9 Å². The average Bonchev–Trinajstić information content (AvgIpc) is 3.13. The number of aromatic nitrogens is 1. The normalized spacial score (nSPS) is 12.1. The van der Waals surface area contributed by atoms with E-state index in [1.807, 2.05) is 24.4 Å². The zero-order chi connectivity index (χ0) is 15.1. The van der Waals surface area contributed by atoms with Crippen LogP contribution in [0, 0.1) is 0 Å². The standard InChI is InChI=1S/C14H19N3O3S/c1-10(4-2-6-18)16-14(19)15-8-11-9-21-13(17-11)12-5-3-7-20-12/h3,5,7,9-10,18H,2,4,6,8H2,1H3,(H2,15,16,19). The van der Waals surface area contributed by atoms with Crippen LogP contribution in [0.3, 0.4) is 0 Å². The lowest BCUT2D eigenvalue weighted by molar-refractivity contribution is 0.234. The van der Waals surface area contributed by atoms with Crippen LogP contribution in [0.15, 0.2) is 28.2 Å². The van der Waals surface area contributed by atoms with Crippen molar-refractivity contribution in [1.82, 2.24) is 15.6 Å². The lowest BCUT2D eigenvalue weighted by Gasteiger charge is -2.13. The van der Waals surface area contributed by atoms with Crippen molar-refractivity contribution in [1.29, 1.82) is 0 Å². The smallest absolute Gasteiger partial charge is 0.315 e. The fraction of sp³-hybridized carbons (Fsp3) is 0.429. The van der Waals surface area contributed by atoms with Gasteiger partial charge in [0.25, 0.3) is 0 Å². The zero-order valence-electron chi connectivity index (χ0n) is 11.8. The second-order valence-corrected chi connectivity index (χ2v) is 5.57. The van der Waals surface area contributed by atoms with E-state index in [0.717, 1.165) is 22.9 Å². The van der Waals surface area contributed by atoms with Crippen molar-refractivity contribution in [3.63, 3.8) is 0 Å². The first-order valence-corrected chi connectivity index (χ1v) is 7.70. The Hall–Kier alpha value is -1.86. The summed E-state index contributed by atoms with van der Waals surface area (Å²) < 4.78 is 5.28. The van der Waals surface area contributed by atoms with E-state index in [0.29, 0.717) is 13.0 Å². The van der Waals surface area contributed by atoms with Gasteiger partial charge in [-0.1, -0.05) is 0 Å². The van der Waals surface area contributed by atoms with Crippen molar-refractivity contribution < 1.29 is 14.3 Å². The minimum atomic E-state index is -0.229. The van der Waals surface area contributed by atoms with Crippen LogP contribution < -0.4 is 10.6 Å². The topological polar surface area (TPSA) is 87.4 Å². The molecule has 21 heavy (non-hydrogen) atoms. The molecule has 7 heteroatoms. The van der Waals surface area contributed by atoms with Gasteiger partial charge < -0.3 is 20.2 Å². The van der Waals surface area contributed by atoms with Crippen molar-refractivity contribution in [3.05, 3.63) is 29.5 Å². The van der Waals surface area contributed by atoms with Gasteiger partial charge >= 0.3 is 6.03 Å². The van der Waals surface area contributed by atoms with Crippen LogP contribution in [-0.2, 0) is 6.54 Å². The number of carbonyl (C=O) groups is 1. The van der Waals surface area contributed by atoms with Crippen LogP contribution in [0.4, 0.5) is 4.79 Å². The number of nitrogens with zero attached hydrogens (tertiary/aromatic N) is 1. The van der Waals surface area contributed by atoms with E-state index < -0.39 is 0 Å². The van der Waals surface area contributed by atoms with Crippen LogP contribution in [0.1, 0.15) is 25.5 Å². The summed E-state index contributed by atoms with van der Waals surface area (Å²) in [5, 5.41) is 17.0. The third kappa shape index (κ3) is 4.87. The molecule has 0 aromatic carbocycles. The van der Waals surface area contributed by atoms with Crippen molar-refractivity contribution >= 4 is 17.4 Å². The Morgan fingerprint density at radius 3 is 3.14 bits per heavy atom. The molecule has 0 bridgehead atoms. The lowest BCUT2D eigenvalue weighted by atomic mass is 10.2. The zero-order valence-corrected chi connectivity index (χ0v) is 12.7. The summed E-state index contributed by atoms with van der Waals surface area (Å²) in [4.78, 5) is 16.1. The second-order valence-electron chi connectivity index (χ2n) is 4.72. The summed E-state index contributed by atoms with van der Waals surface area (Å²) in [5.41, 5.74) is 0.796. The first kappa shape index (κ1) is 15.5. The molecule has 1 unspecified atom stereocenters. The van der Waals surface area contributed by atoms with Gasteiger partial charge in [0.15, 0.2) is 10.8 Å². The predicted molar refractivity (Wildman–Crippen MR) is 81.0 cm³/mol. The number of furan rings is 1. The molecule has 0 aliphatic heterocycles. The van der Waals surface area contributed by atoms with Gasteiger partial charge in [-0.3, -0.25) is 0 Å². The van der Waals surface area contributed by atoms with Crippen molar-refractivity contribution in [2.24, 2.45) is 0 Å². The number of urea groups is 1. The summed E-state index contributed by atoms with van der Waals surface area (Å²) >= 11 is 1.48. The number of hydrogen-bond acceptors (Lipinski definition) is 5. The maximum absolute atomic E-state index is 11.7. The van der Waals surface area contributed by atoms with Crippen molar-refractivity contribution in [2.45, 2.75) is 32.4 Å². The van der Waals surface area contributed by atoms with E-state index in [1.165, 1.54) is 11.3 Å². The Balaban J connectivity index is 1.77. The number of hydrogen-bond donors (Lipinski definition) is 3. The number of amides is 2. The van der Waals surface area contributed by atoms with Crippen LogP contribution in [0.25, 0.3) is 10.8 Å². The first-order valence-electron chi connectivity index (χ1n) is 6.82. The average molecular weight is 309 g/mol. The molecule has 2 aromatic rings. The van der Waals surface area contributed by atoms with Crippen molar-refractivity contribution in [2.75, 3.05) is 6.61 Å².